The van der Waals surface area contributed by atoms with Gasteiger partial charge in [0.15, 0.2) is 0 Å². The summed E-state index contributed by atoms with van der Waals surface area (Å²) in [6, 6.07) is 7.55. The van der Waals surface area contributed by atoms with E-state index in [1.54, 1.807) is 6.92 Å². The number of aryl methyl sites for hydroxylation is 1. The standard InChI is InChI=1S/C15H18N4O2/c1-3-19-13-7-5-4-6-11(13)12(17-19)9-18-14(20)8-16-10(2)15(18)21/h4-7,10,16H,3,8-9H2,1-2H3. The van der Waals surface area contributed by atoms with Gasteiger partial charge in [0.25, 0.3) is 0 Å². The van der Waals surface area contributed by atoms with Crippen LogP contribution in [-0.2, 0) is 22.7 Å². The van der Waals surface area contributed by atoms with Gasteiger partial charge in [0.1, 0.15) is 0 Å². The molecule has 1 unspecified atom stereocenters. The van der Waals surface area contributed by atoms with Crippen molar-refractivity contribution in [2.24, 2.45) is 0 Å². The number of nitrogens with zero attached hydrogens (tertiary/aromatic N) is 3. The second-order valence-electron chi connectivity index (χ2n) is 5.20. The van der Waals surface area contributed by atoms with Crippen molar-refractivity contribution >= 4 is 22.7 Å². The van der Waals surface area contributed by atoms with E-state index in [0.717, 1.165) is 23.1 Å². The highest BCUT2D eigenvalue weighted by atomic mass is 16.2. The molecule has 1 aliphatic rings. The van der Waals surface area contributed by atoms with Gasteiger partial charge >= 0.3 is 0 Å². The van der Waals surface area contributed by atoms with Crippen LogP contribution < -0.4 is 5.32 Å². The number of hydrogen-bond acceptors (Lipinski definition) is 4. The van der Waals surface area contributed by atoms with Gasteiger partial charge in [-0.15, -0.1) is 0 Å². The third-order valence-corrected chi connectivity index (χ3v) is 3.84. The Labute approximate surface area is 122 Å². The highest BCUT2D eigenvalue weighted by Crippen LogP contribution is 2.20. The maximum Gasteiger partial charge on any atom is 0.246 e. The van der Waals surface area contributed by atoms with Crippen LogP contribution in [0.1, 0.15) is 19.5 Å². The average molecular weight is 286 g/mol. The highest BCUT2D eigenvalue weighted by Gasteiger charge is 2.32. The van der Waals surface area contributed by atoms with E-state index < -0.39 is 0 Å². The lowest BCUT2D eigenvalue weighted by atomic mass is 10.1. The number of fused-ring (bicyclic) bond motifs is 1. The smallest absolute Gasteiger partial charge is 0.246 e. The van der Waals surface area contributed by atoms with Crippen molar-refractivity contribution in [3.05, 3.63) is 30.0 Å². The Hall–Kier alpha value is -2.21. The molecule has 1 fully saturated rings. The summed E-state index contributed by atoms with van der Waals surface area (Å²) in [6.45, 7) is 4.97. The Kier molecular flexibility index (Phi) is 3.47. The molecular weight excluding hydrogens is 268 g/mol. The van der Waals surface area contributed by atoms with Crippen LogP contribution in [0.5, 0.6) is 0 Å². The summed E-state index contributed by atoms with van der Waals surface area (Å²) in [5.74, 6) is -0.394. The summed E-state index contributed by atoms with van der Waals surface area (Å²) in [7, 11) is 0. The van der Waals surface area contributed by atoms with E-state index in [2.05, 4.69) is 10.4 Å². The average Bonchev–Trinajstić information content (AvgIpc) is 2.86. The summed E-state index contributed by atoms with van der Waals surface area (Å²) < 4.78 is 1.89. The summed E-state index contributed by atoms with van der Waals surface area (Å²) in [5, 5.41) is 8.42. The quantitative estimate of drug-likeness (QED) is 0.851. The van der Waals surface area contributed by atoms with Gasteiger partial charge < -0.3 is 0 Å². The summed E-state index contributed by atoms with van der Waals surface area (Å²) in [6.07, 6.45) is 0. The first-order valence-electron chi connectivity index (χ1n) is 7.13. The number of amides is 2. The molecule has 1 aromatic carbocycles. The molecule has 0 aliphatic carbocycles. The first kappa shape index (κ1) is 13.8. The van der Waals surface area contributed by atoms with E-state index in [4.69, 9.17) is 0 Å². The SMILES string of the molecule is CCn1nc(CN2C(=O)CNC(C)C2=O)c2ccccc21. The van der Waals surface area contributed by atoms with Crippen LogP contribution in [0.3, 0.4) is 0 Å². The van der Waals surface area contributed by atoms with Gasteiger partial charge in [-0.05, 0) is 19.9 Å². The van der Waals surface area contributed by atoms with E-state index in [1.807, 2.05) is 35.9 Å². The molecule has 1 aliphatic heterocycles. The fraction of sp³-hybridized carbons (Fsp3) is 0.400. The minimum absolute atomic E-state index is 0.193. The van der Waals surface area contributed by atoms with E-state index in [0.29, 0.717) is 0 Å². The van der Waals surface area contributed by atoms with E-state index >= 15 is 0 Å². The van der Waals surface area contributed by atoms with E-state index in [1.165, 1.54) is 4.90 Å². The van der Waals surface area contributed by atoms with E-state index in [9.17, 15) is 9.59 Å². The highest BCUT2D eigenvalue weighted by molar-refractivity contribution is 6.01. The van der Waals surface area contributed by atoms with Gasteiger partial charge in [0.05, 0.1) is 30.3 Å². The second kappa shape index (κ2) is 5.29. The fourth-order valence-electron chi connectivity index (χ4n) is 2.65. The lowest BCUT2D eigenvalue weighted by Gasteiger charge is -2.29. The number of piperazine rings is 1. The number of rotatable bonds is 3. The summed E-state index contributed by atoms with van der Waals surface area (Å²) in [4.78, 5) is 25.4. The van der Waals surface area contributed by atoms with Crippen molar-refractivity contribution in [1.82, 2.24) is 20.0 Å². The number of para-hydroxylation sites is 1. The van der Waals surface area contributed by atoms with Crippen LogP contribution in [-0.4, -0.2) is 39.1 Å². The fourth-order valence-corrected chi connectivity index (χ4v) is 2.65. The largest absolute Gasteiger partial charge is 0.298 e. The third-order valence-electron chi connectivity index (χ3n) is 3.84. The van der Waals surface area contributed by atoms with Crippen molar-refractivity contribution < 1.29 is 9.59 Å². The van der Waals surface area contributed by atoms with Crippen LogP contribution in [0.4, 0.5) is 0 Å². The summed E-state index contributed by atoms with van der Waals surface area (Å²) in [5.41, 5.74) is 1.79. The molecular formula is C15H18N4O2. The van der Waals surface area contributed by atoms with Gasteiger partial charge in [-0.25, -0.2) is 0 Å². The first-order valence-corrected chi connectivity index (χ1v) is 7.13. The van der Waals surface area contributed by atoms with Crippen LogP contribution in [0.2, 0.25) is 0 Å². The van der Waals surface area contributed by atoms with Crippen LogP contribution >= 0.6 is 0 Å². The molecule has 3 rings (SSSR count). The summed E-state index contributed by atoms with van der Waals surface area (Å²) >= 11 is 0. The third kappa shape index (κ3) is 2.31. The molecule has 2 aromatic rings. The molecule has 6 heteroatoms. The maximum absolute atomic E-state index is 12.2. The van der Waals surface area contributed by atoms with E-state index in [-0.39, 0.29) is 30.9 Å². The number of imide groups is 1. The van der Waals surface area contributed by atoms with Crippen molar-refractivity contribution in [2.45, 2.75) is 33.0 Å². The Balaban J connectivity index is 1.98. The van der Waals surface area contributed by atoms with Crippen LogP contribution in [0, 0.1) is 0 Å². The van der Waals surface area contributed by atoms with Crippen molar-refractivity contribution in [2.75, 3.05) is 6.54 Å². The Morgan fingerprint density at radius 1 is 1.33 bits per heavy atom. The van der Waals surface area contributed by atoms with Gasteiger partial charge in [-0.3, -0.25) is 24.5 Å². The van der Waals surface area contributed by atoms with Crippen molar-refractivity contribution in [1.29, 1.82) is 0 Å². The molecule has 6 nitrogen and oxygen atoms in total. The predicted octanol–water partition coefficient (Wildman–Crippen LogP) is 0.903. The molecule has 1 aromatic heterocycles. The van der Waals surface area contributed by atoms with Gasteiger partial charge in [-0.1, -0.05) is 18.2 Å². The number of carbonyl (C=O) groups is 2. The molecule has 21 heavy (non-hydrogen) atoms. The lowest BCUT2D eigenvalue weighted by Crippen LogP contribution is -2.56. The van der Waals surface area contributed by atoms with Gasteiger partial charge in [-0.2, -0.15) is 5.10 Å². The topological polar surface area (TPSA) is 67.2 Å². The number of carbonyl (C=O) groups excluding carboxylic acids is 2. The van der Waals surface area contributed by atoms with Gasteiger partial charge in [0, 0.05) is 11.9 Å². The van der Waals surface area contributed by atoms with Crippen LogP contribution in [0.15, 0.2) is 24.3 Å². The molecule has 2 amide bonds. The van der Waals surface area contributed by atoms with Gasteiger partial charge in [0.2, 0.25) is 11.8 Å². The molecule has 110 valence electrons. The molecule has 2 heterocycles. The molecule has 0 radical (unpaired) electrons. The van der Waals surface area contributed by atoms with Crippen molar-refractivity contribution in [3.63, 3.8) is 0 Å². The van der Waals surface area contributed by atoms with Crippen LogP contribution in [0.25, 0.3) is 10.9 Å². The number of aromatic nitrogens is 2. The molecule has 1 N–H and O–H groups in total. The molecule has 1 atom stereocenters. The molecule has 0 spiro atoms. The maximum atomic E-state index is 12.2. The predicted molar refractivity (Wildman–Crippen MR) is 78.4 cm³/mol. The lowest BCUT2D eigenvalue weighted by molar-refractivity contribution is -0.149. The number of benzene rings is 1. The zero-order valence-corrected chi connectivity index (χ0v) is 12.2. The number of hydrogen-bond donors (Lipinski definition) is 1. The zero-order chi connectivity index (χ0) is 15.0. The molecule has 1 saturated heterocycles. The minimum atomic E-state index is -0.331. The Morgan fingerprint density at radius 3 is 2.86 bits per heavy atom. The number of nitrogens with one attached hydrogen (secondary N) is 1. The Morgan fingerprint density at radius 2 is 2.10 bits per heavy atom. The zero-order valence-electron chi connectivity index (χ0n) is 12.2. The Bertz CT molecular complexity index is 707. The minimum Gasteiger partial charge on any atom is -0.298 e. The van der Waals surface area contributed by atoms with Crippen molar-refractivity contribution in [3.8, 4) is 0 Å². The normalized spacial score (nSPS) is 19.5. The second-order valence-corrected chi connectivity index (χ2v) is 5.20. The monoisotopic (exact) mass is 286 g/mol. The first-order chi connectivity index (χ1) is 10.1. The molecule has 0 saturated carbocycles. The molecule has 0 bridgehead atoms.